The number of nitrogens with zero attached hydrogens (tertiary/aromatic N) is 2. The number of ether oxygens (including phenoxy) is 2. The Morgan fingerprint density at radius 2 is 1.67 bits per heavy atom. The SMILES string of the molecule is COc1cccc(C(=O)N2CCN(C(=O)CCC3CCCC3)CC2)c1OC. The lowest BCUT2D eigenvalue weighted by Gasteiger charge is -2.35. The van der Waals surface area contributed by atoms with Crippen molar-refractivity contribution in [2.45, 2.75) is 38.5 Å². The van der Waals surface area contributed by atoms with Crippen LogP contribution in [0.25, 0.3) is 0 Å². The van der Waals surface area contributed by atoms with Crippen molar-refractivity contribution in [3.63, 3.8) is 0 Å². The fourth-order valence-corrected chi connectivity index (χ4v) is 4.17. The molecule has 0 unspecified atom stereocenters. The van der Waals surface area contributed by atoms with Crippen LogP contribution in [0, 0.1) is 5.92 Å². The molecule has 1 aliphatic carbocycles. The molecule has 0 aromatic heterocycles. The Labute approximate surface area is 161 Å². The first-order valence-electron chi connectivity index (χ1n) is 9.92. The number of benzene rings is 1. The fraction of sp³-hybridized carbons (Fsp3) is 0.619. The standard InChI is InChI=1S/C21H30N2O4/c1-26-18-9-5-8-17(20(18)27-2)21(25)23-14-12-22(13-15-23)19(24)11-10-16-6-3-4-7-16/h5,8-9,16H,3-4,6-7,10-15H2,1-2H3. The average Bonchev–Trinajstić information content (AvgIpc) is 3.24. The van der Waals surface area contributed by atoms with E-state index in [2.05, 4.69) is 0 Å². The van der Waals surface area contributed by atoms with E-state index >= 15 is 0 Å². The normalized spacial score (nSPS) is 17.9. The summed E-state index contributed by atoms with van der Waals surface area (Å²) in [7, 11) is 3.09. The first-order chi connectivity index (χ1) is 13.1. The summed E-state index contributed by atoms with van der Waals surface area (Å²) in [5, 5.41) is 0. The minimum atomic E-state index is -0.0798. The molecular weight excluding hydrogens is 344 g/mol. The minimum Gasteiger partial charge on any atom is -0.493 e. The van der Waals surface area contributed by atoms with Gasteiger partial charge in [0.1, 0.15) is 0 Å². The highest BCUT2D eigenvalue weighted by Crippen LogP contribution is 2.32. The van der Waals surface area contributed by atoms with Crippen LogP contribution in [0.1, 0.15) is 48.9 Å². The van der Waals surface area contributed by atoms with Crippen molar-refractivity contribution in [3.05, 3.63) is 23.8 Å². The molecule has 1 aromatic carbocycles. The molecule has 1 aliphatic heterocycles. The molecule has 6 heteroatoms. The molecule has 1 heterocycles. The Hall–Kier alpha value is -2.24. The van der Waals surface area contributed by atoms with Crippen LogP contribution in [0.5, 0.6) is 11.5 Å². The van der Waals surface area contributed by atoms with E-state index in [0.29, 0.717) is 49.7 Å². The van der Waals surface area contributed by atoms with Gasteiger partial charge in [0.2, 0.25) is 5.91 Å². The second-order valence-corrected chi connectivity index (χ2v) is 7.40. The van der Waals surface area contributed by atoms with Gasteiger partial charge in [0, 0.05) is 32.6 Å². The van der Waals surface area contributed by atoms with E-state index in [-0.39, 0.29) is 11.8 Å². The molecule has 6 nitrogen and oxygen atoms in total. The number of carbonyl (C=O) groups is 2. The van der Waals surface area contributed by atoms with Gasteiger partial charge < -0.3 is 19.3 Å². The van der Waals surface area contributed by atoms with Crippen molar-refractivity contribution in [2.24, 2.45) is 5.92 Å². The van der Waals surface area contributed by atoms with Gasteiger partial charge in [-0.1, -0.05) is 31.7 Å². The van der Waals surface area contributed by atoms with Crippen molar-refractivity contribution in [2.75, 3.05) is 40.4 Å². The molecule has 2 fully saturated rings. The van der Waals surface area contributed by atoms with Crippen molar-refractivity contribution < 1.29 is 19.1 Å². The van der Waals surface area contributed by atoms with Crippen LogP contribution in [-0.4, -0.2) is 62.0 Å². The van der Waals surface area contributed by atoms with Crippen LogP contribution in [0.2, 0.25) is 0 Å². The Kier molecular flexibility index (Phi) is 6.58. The van der Waals surface area contributed by atoms with Gasteiger partial charge in [-0.05, 0) is 24.5 Å². The molecule has 0 atom stereocenters. The van der Waals surface area contributed by atoms with Gasteiger partial charge in [0.15, 0.2) is 11.5 Å². The summed E-state index contributed by atoms with van der Waals surface area (Å²) < 4.78 is 10.7. The van der Waals surface area contributed by atoms with E-state index in [1.54, 1.807) is 30.2 Å². The molecule has 27 heavy (non-hydrogen) atoms. The molecular formula is C21H30N2O4. The van der Waals surface area contributed by atoms with Crippen molar-refractivity contribution in [1.82, 2.24) is 9.80 Å². The molecule has 1 saturated heterocycles. The molecule has 0 bridgehead atoms. The van der Waals surface area contributed by atoms with Crippen LogP contribution >= 0.6 is 0 Å². The summed E-state index contributed by atoms with van der Waals surface area (Å²) >= 11 is 0. The maximum absolute atomic E-state index is 12.9. The Morgan fingerprint density at radius 3 is 2.30 bits per heavy atom. The van der Waals surface area contributed by atoms with Crippen molar-refractivity contribution in [3.8, 4) is 11.5 Å². The number of hydrogen-bond donors (Lipinski definition) is 0. The molecule has 1 aromatic rings. The van der Waals surface area contributed by atoms with Crippen LogP contribution in [0.3, 0.4) is 0 Å². The number of hydrogen-bond acceptors (Lipinski definition) is 4. The first kappa shape index (κ1) is 19.5. The van der Waals surface area contributed by atoms with E-state index in [1.165, 1.54) is 32.8 Å². The number of carbonyl (C=O) groups excluding carboxylic acids is 2. The zero-order valence-electron chi connectivity index (χ0n) is 16.4. The zero-order valence-corrected chi connectivity index (χ0v) is 16.4. The molecule has 0 spiro atoms. The summed E-state index contributed by atoms with van der Waals surface area (Å²) in [6.45, 7) is 2.30. The monoisotopic (exact) mass is 374 g/mol. The Morgan fingerprint density at radius 1 is 1.00 bits per heavy atom. The molecule has 2 amide bonds. The first-order valence-corrected chi connectivity index (χ1v) is 9.92. The third kappa shape index (κ3) is 4.54. The Balaban J connectivity index is 1.54. The van der Waals surface area contributed by atoms with Gasteiger partial charge in [-0.15, -0.1) is 0 Å². The van der Waals surface area contributed by atoms with Gasteiger partial charge in [0.05, 0.1) is 19.8 Å². The summed E-state index contributed by atoms with van der Waals surface area (Å²) in [5.74, 6) is 1.89. The highest BCUT2D eigenvalue weighted by Gasteiger charge is 2.27. The fourth-order valence-electron chi connectivity index (χ4n) is 4.17. The lowest BCUT2D eigenvalue weighted by molar-refractivity contribution is -0.133. The van der Waals surface area contributed by atoms with Crippen LogP contribution in [0.4, 0.5) is 0 Å². The van der Waals surface area contributed by atoms with Gasteiger partial charge in [-0.2, -0.15) is 0 Å². The number of para-hydroxylation sites is 1. The summed E-state index contributed by atoms with van der Waals surface area (Å²) in [4.78, 5) is 29.1. The lowest BCUT2D eigenvalue weighted by Crippen LogP contribution is -2.50. The molecule has 148 valence electrons. The van der Waals surface area contributed by atoms with Crippen LogP contribution in [-0.2, 0) is 4.79 Å². The largest absolute Gasteiger partial charge is 0.493 e. The molecule has 2 aliphatic rings. The topological polar surface area (TPSA) is 59.1 Å². The highest BCUT2D eigenvalue weighted by atomic mass is 16.5. The van der Waals surface area contributed by atoms with Gasteiger partial charge in [0.25, 0.3) is 5.91 Å². The molecule has 1 saturated carbocycles. The van der Waals surface area contributed by atoms with E-state index in [4.69, 9.17) is 9.47 Å². The second-order valence-electron chi connectivity index (χ2n) is 7.40. The highest BCUT2D eigenvalue weighted by molar-refractivity contribution is 5.98. The molecule has 0 radical (unpaired) electrons. The predicted octanol–water partition coefficient (Wildman–Crippen LogP) is 2.96. The Bertz CT molecular complexity index is 662. The van der Waals surface area contributed by atoms with Crippen molar-refractivity contribution in [1.29, 1.82) is 0 Å². The quantitative estimate of drug-likeness (QED) is 0.768. The summed E-state index contributed by atoms with van der Waals surface area (Å²) in [6, 6.07) is 5.32. The second kappa shape index (κ2) is 9.11. The number of rotatable bonds is 6. The van der Waals surface area contributed by atoms with Crippen LogP contribution < -0.4 is 9.47 Å². The maximum atomic E-state index is 12.9. The van der Waals surface area contributed by atoms with Crippen molar-refractivity contribution >= 4 is 11.8 Å². The summed E-state index contributed by atoms with van der Waals surface area (Å²) in [6.07, 6.45) is 6.83. The third-order valence-corrected chi connectivity index (χ3v) is 5.79. The smallest absolute Gasteiger partial charge is 0.257 e. The molecule has 3 rings (SSSR count). The van der Waals surface area contributed by atoms with Gasteiger partial charge in [-0.25, -0.2) is 0 Å². The van der Waals surface area contributed by atoms with E-state index in [9.17, 15) is 9.59 Å². The van der Waals surface area contributed by atoms with E-state index in [0.717, 1.165) is 12.3 Å². The van der Waals surface area contributed by atoms with Gasteiger partial charge >= 0.3 is 0 Å². The predicted molar refractivity (Wildman–Crippen MR) is 103 cm³/mol. The summed E-state index contributed by atoms with van der Waals surface area (Å²) in [5.41, 5.74) is 0.498. The van der Waals surface area contributed by atoms with E-state index in [1.807, 2.05) is 4.90 Å². The van der Waals surface area contributed by atoms with Crippen LogP contribution in [0.15, 0.2) is 18.2 Å². The number of methoxy groups -OCH3 is 2. The lowest BCUT2D eigenvalue weighted by atomic mass is 10.0. The van der Waals surface area contributed by atoms with E-state index < -0.39 is 0 Å². The zero-order chi connectivity index (χ0) is 19.2. The number of amides is 2. The van der Waals surface area contributed by atoms with Gasteiger partial charge in [-0.3, -0.25) is 9.59 Å². The number of piperazine rings is 1. The maximum Gasteiger partial charge on any atom is 0.257 e. The third-order valence-electron chi connectivity index (χ3n) is 5.79. The average molecular weight is 374 g/mol. The minimum absolute atomic E-state index is 0.0798. The molecule has 0 N–H and O–H groups in total.